The molecule has 0 radical (unpaired) electrons. The van der Waals surface area contributed by atoms with Crippen LogP contribution in [0.5, 0.6) is 17.2 Å². The number of nitrogens with zero attached hydrogens (tertiary/aromatic N) is 1. The minimum atomic E-state index is -0.290. The maximum absolute atomic E-state index is 12.3. The lowest BCUT2D eigenvalue weighted by molar-refractivity contribution is -0.117. The van der Waals surface area contributed by atoms with E-state index >= 15 is 0 Å². The number of hydrogen-bond donors (Lipinski definition) is 1. The lowest BCUT2D eigenvalue weighted by atomic mass is 10.1. The van der Waals surface area contributed by atoms with E-state index in [9.17, 15) is 4.79 Å². The van der Waals surface area contributed by atoms with Crippen molar-refractivity contribution < 1.29 is 19.0 Å². The Balaban J connectivity index is 2.17. The van der Waals surface area contributed by atoms with Crippen LogP contribution in [0.25, 0.3) is 6.08 Å². The van der Waals surface area contributed by atoms with Gasteiger partial charge in [0.05, 0.1) is 39.0 Å². The summed E-state index contributed by atoms with van der Waals surface area (Å²) < 4.78 is 16.0. The highest BCUT2D eigenvalue weighted by atomic mass is 16.5. The first-order valence-electron chi connectivity index (χ1n) is 8.31. The first-order chi connectivity index (χ1) is 13.0. The van der Waals surface area contributed by atoms with Gasteiger partial charge in [-0.05, 0) is 42.3 Å². The third-order valence-electron chi connectivity index (χ3n) is 4.04. The summed E-state index contributed by atoms with van der Waals surface area (Å²) in [4.78, 5) is 12.3. The number of hydrogen-bond acceptors (Lipinski definition) is 5. The molecule has 140 valence electrons. The molecule has 1 amide bonds. The van der Waals surface area contributed by atoms with Crippen LogP contribution in [-0.4, -0.2) is 27.2 Å². The third-order valence-corrected chi connectivity index (χ3v) is 4.04. The number of carbonyl (C=O) groups excluding carboxylic acids is 1. The first kappa shape index (κ1) is 19.9. The number of rotatable bonds is 7. The maximum atomic E-state index is 12.3. The van der Waals surface area contributed by atoms with Crippen LogP contribution in [0.4, 0.5) is 0 Å². The van der Waals surface area contributed by atoms with Gasteiger partial charge in [0.25, 0.3) is 0 Å². The maximum Gasteiger partial charge on any atom is 0.244 e. The van der Waals surface area contributed by atoms with Gasteiger partial charge in [0, 0.05) is 6.08 Å². The van der Waals surface area contributed by atoms with Crippen molar-refractivity contribution in [3.05, 3.63) is 59.2 Å². The summed E-state index contributed by atoms with van der Waals surface area (Å²) in [5.41, 5.74) is 2.01. The average molecular weight is 366 g/mol. The van der Waals surface area contributed by atoms with Gasteiger partial charge in [-0.25, -0.2) is 0 Å². The Bertz CT molecular complexity index is 859. The molecule has 27 heavy (non-hydrogen) atoms. The molecule has 6 heteroatoms. The quantitative estimate of drug-likeness (QED) is 0.759. The smallest absolute Gasteiger partial charge is 0.244 e. The molecule has 6 nitrogen and oxygen atoms in total. The minimum Gasteiger partial charge on any atom is -0.493 e. The van der Waals surface area contributed by atoms with Crippen LogP contribution in [0.15, 0.2) is 42.5 Å². The average Bonchev–Trinajstić information content (AvgIpc) is 2.70. The van der Waals surface area contributed by atoms with Crippen molar-refractivity contribution >= 4 is 12.0 Å². The highest BCUT2D eigenvalue weighted by Crippen LogP contribution is 2.39. The Morgan fingerprint density at radius 2 is 1.74 bits per heavy atom. The zero-order chi connectivity index (χ0) is 19.8. The lowest BCUT2D eigenvalue weighted by Crippen LogP contribution is -2.24. The van der Waals surface area contributed by atoms with Crippen molar-refractivity contribution in [1.29, 1.82) is 5.26 Å². The molecule has 0 bridgehead atoms. The SMILES string of the molecule is COc1cc(C(C)NC(=O)/C=C/c2ccccc2C#N)cc(OC)c1OC. The van der Waals surface area contributed by atoms with E-state index in [1.54, 1.807) is 50.6 Å². The Kier molecular flexibility index (Phi) is 6.84. The molecule has 0 saturated heterocycles. The Hall–Kier alpha value is -3.46. The Morgan fingerprint density at radius 1 is 1.11 bits per heavy atom. The standard InChI is InChI=1S/C21H22N2O4/c1-14(17-11-18(25-2)21(27-4)19(12-17)26-3)23-20(24)10-9-15-7-5-6-8-16(15)13-22/h5-12,14H,1-4H3,(H,23,24)/b10-9+. The van der Waals surface area contributed by atoms with Gasteiger partial charge < -0.3 is 19.5 Å². The zero-order valence-corrected chi connectivity index (χ0v) is 15.8. The van der Waals surface area contributed by atoms with Gasteiger partial charge in [0.15, 0.2) is 11.5 Å². The molecule has 0 aromatic heterocycles. The number of ether oxygens (including phenoxy) is 3. The van der Waals surface area contributed by atoms with Crippen molar-refractivity contribution in [2.45, 2.75) is 13.0 Å². The Morgan fingerprint density at radius 3 is 2.30 bits per heavy atom. The van der Waals surface area contributed by atoms with Gasteiger partial charge >= 0.3 is 0 Å². The van der Waals surface area contributed by atoms with Gasteiger partial charge in [-0.3, -0.25) is 4.79 Å². The fourth-order valence-corrected chi connectivity index (χ4v) is 2.61. The number of nitrogens with one attached hydrogen (secondary N) is 1. The second-order valence-electron chi connectivity index (χ2n) is 5.72. The van der Waals surface area contributed by atoms with E-state index in [0.29, 0.717) is 28.4 Å². The van der Waals surface area contributed by atoms with E-state index in [1.165, 1.54) is 13.2 Å². The molecule has 0 aliphatic rings. The summed E-state index contributed by atoms with van der Waals surface area (Å²) in [6, 6.07) is 12.5. The molecule has 2 rings (SSSR count). The molecule has 2 aromatic rings. The molecule has 0 spiro atoms. The van der Waals surface area contributed by atoms with Gasteiger partial charge in [0.2, 0.25) is 11.7 Å². The molecule has 0 aliphatic heterocycles. The molecule has 1 unspecified atom stereocenters. The van der Waals surface area contributed by atoms with Crippen molar-refractivity contribution in [2.75, 3.05) is 21.3 Å². The molecule has 0 fully saturated rings. The molecule has 1 N–H and O–H groups in total. The molecule has 0 heterocycles. The second kappa shape index (κ2) is 9.30. The van der Waals surface area contributed by atoms with E-state index in [-0.39, 0.29) is 11.9 Å². The Labute approximate surface area is 159 Å². The number of methoxy groups -OCH3 is 3. The predicted molar refractivity (Wildman–Crippen MR) is 103 cm³/mol. The fraction of sp³-hybridized carbons (Fsp3) is 0.238. The van der Waals surface area contributed by atoms with Crippen molar-refractivity contribution in [2.24, 2.45) is 0 Å². The number of amides is 1. The molecular weight excluding hydrogens is 344 g/mol. The predicted octanol–water partition coefficient (Wildman–Crippen LogP) is 3.47. The van der Waals surface area contributed by atoms with Crippen LogP contribution in [0, 0.1) is 11.3 Å². The normalized spacial score (nSPS) is 11.5. The summed E-state index contributed by atoms with van der Waals surface area (Å²) >= 11 is 0. The van der Waals surface area contributed by atoms with Gasteiger partial charge in [-0.2, -0.15) is 5.26 Å². The van der Waals surface area contributed by atoms with Gasteiger partial charge in [0.1, 0.15) is 0 Å². The van der Waals surface area contributed by atoms with Crippen LogP contribution in [-0.2, 0) is 4.79 Å². The highest BCUT2D eigenvalue weighted by molar-refractivity contribution is 5.92. The van der Waals surface area contributed by atoms with Crippen LogP contribution in [0.3, 0.4) is 0 Å². The first-order valence-corrected chi connectivity index (χ1v) is 8.31. The van der Waals surface area contributed by atoms with E-state index < -0.39 is 0 Å². The van der Waals surface area contributed by atoms with Crippen LogP contribution < -0.4 is 19.5 Å². The van der Waals surface area contributed by atoms with Crippen molar-refractivity contribution in [1.82, 2.24) is 5.32 Å². The monoisotopic (exact) mass is 366 g/mol. The summed E-state index contributed by atoms with van der Waals surface area (Å²) in [5, 5.41) is 12.0. The fourth-order valence-electron chi connectivity index (χ4n) is 2.61. The summed E-state index contributed by atoms with van der Waals surface area (Å²) in [6.45, 7) is 1.86. The summed E-state index contributed by atoms with van der Waals surface area (Å²) in [7, 11) is 4.62. The highest BCUT2D eigenvalue weighted by Gasteiger charge is 2.17. The van der Waals surface area contributed by atoms with E-state index in [4.69, 9.17) is 19.5 Å². The van der Waals surface area contributed by atoms with Crippen LogP contribution in [0.1, 0.15) is 29.7 Å². The topological polar surface area (TPSA) is 80.6 Å². The van der Waals surface area contributed by atoms with Crippen LogP contribution in [0.2, 0.25) is 0 Å². The van der Waals surface area contributed by atoms with Gasteiger partial charge in [-0.1, -0.05) is 18.2 Å². The number of carbonyl (C=O) groups is 1. The molecule has 1 atom stereocenters. The molecule has 2 aromatic carbocycles. The summed E-state index contributed by atoms with van der Waals surface area (Å²) in [6.07, 6.45) is 3.03. The van der Waals surface area contributed by atoms with E-state index in [0.717, 1.165) is 5.56 Å². The second-order valence-corrected chi connectivity index (χ2v) is 5.72. The largest absolute Gasteiger partial charge is 0.493 e. The van der Waals surface area contributed by atoms with E-state index in [2.05, 4.69) is 11.4 Å². The molecule has 0 aliphatic carbocycles. The zero-order valence-electron chi connectivity index (χ0n) is 15.8. The third kappa shape index (κ3) is 4.79. The van der Waals surface area contributed by atoms with E-state index in [1.807, 2.05) is 13.0 Å². The number of nitriles is 1. The summed E-state index contributed by atoms with van der Waals surface area (Å²) in [5.74, 6) is 1.26. The molecule has 0 saturated carbocycles. The van der Waals surface area contributed by atoms with Crippen molar-refractivity contribution in [3.63, 3.8) is 0 Å². The minimum absolute atomic E-state index is 0.274. The van der Waals surface area contributed by atoms with Crippen molar-refractivity contribution in [3.8, 4) is 23.3 Å². The lowest BCUT2D eigenvalue weighted by Gasteiger charge is -2.18. The van der Waals surface area contributed by atoms with Gasteiger partial charge in [-0.15, -0.1) is 0 Å². The number of benzene rings is 2. The molecular formula is C21H22N2O4. The van der Waals surface area contributed by atoms with Crippen LogP contribution >= 0.6 is 0 Å².